The summed E-state index contributed by atoms with van der Waals surface area (Å²) in [5.74, 6) is 1.52. The number of nitrogens with zero attached hydrogens (tertiary/aromatic N) is 2. The number of aromatic nitrogens is 2. The van der Waals surface area contributed by atoms with Crippen molar-refractivity contribution in [3.05, 3.63) is 70.5 Å². The molecule has 0 fully saturated rings. The van der Waals surface area contributed by atoms with E-state index < -0.39 is 0 Å². The lowest BCUT2D eigenvalue weighted by Crippen LogP contribution is -2.08. The molecule has 0 spiro atoms. The lowest BCUT2D eigenvalue weighted by atomic mass is 10.1. The Morgan fingerprint density at radius 2 is 1.67 bits per heavy atom. The Bertz CT molecular complexity index is 1090. The lowest BCUT2D eigenvalue weighted by Gasteiger charge is -2.10. The highest BCUT2D eigenvalue weighted by Crippen LogP contribution is 2.27. The van der Waals surface area contributed by atoms with Gasteiger partial charge in [-0.3, -0.25) is 0 Å². The summed E-state index contributed by atoms with van der Waals surface area (Å²) in [6.45, 7) is 1.22. The molecule has 0 saturated heterocycles. The fraction of sp³-hybridized carbons (Fsp3) is 0.190. The second kappa shape index (κ2) is 8.09. The Morgan fingerprint density at radius 1 is 0.963 bits per heavy atom. The molecule has 3 nitrogen and oxygen atoms in total. The van der Waals surface area contributed by atoms with Crippen molar-refractivity contribution in [3.8, 4) is 5.75 Å². The highest BCUT2D eigenvalue weighted by atomic mass is 79.9. The van der Waals surface area contributed by atoms with Crippen LogP contribution >= 0.6 is 39.1 Å². The summed E-state index contributed by atoms with van der Waals surface area (Å²) < 4.78 is 8.17. The summed E-state index contributed by atoms with van der Waals surface area (Å²) in [6.07, 6.45) is 1.01. The molecule has 4 rings (SSSR count). The average molecular weight is 464 g/mol. The van der Waals surface area contributed by atoms with E-state index in [9.17, 15) is 0 Å². The monoisotopic (exact) mass is 462 g/mol. The smallest absolute Gasteiger partial charge is 0.147 e. The van der Waals surface area contributed by atoms with E-state index in [0.29, 0.717) is 22.4 Å². The molecule has 0 bridgehead atoms. The molecule has 6 heteroatoms. The predicted molar refractivity (Wildman–Crippen MR) is 116 cm³/mol. The van der Waals surface area contributed by atoms with Crippen molar-refractivity contribution >= 4 is 60.9 Å². The van der Waals surface area contributed by atoms with Crippen LogP contribution in [0, 0.1) is 0 Å². The first-order valence-corrected chi connectivity index (χ1v) is 10.5. The van der Waals surface area contributed by atoms with Crippen LogP contribution in [0.3, 0.4) is 0 Å². The Morgan fingerprint density at radius 3 is 2.37 bits per heavy atom. The second-order valence-corrected chi connectivity index (χ2v) is 7.97. The van der Waals surface area contributed by atoms with Gasteiger partial charge in [0.25, 0.3) is 0 Å². The average Bonchev–Trinajstić information content (AvgIpc) is 2.98. The summed E-state index contributed by atoms with van der Waals surface area (Å²) in [4.78, 5) is 4.83. The van der Waals surface area contributed by atoms with Gasteiger partial charge in [-0.1, -0.05) is 63.4 Å². The first kappa shape index (κ1) is 18.6. The first-order valence-electron chi connectivity index (χ1n) is 8.67. The molecule has 138 valence electrons. The van der Waals surface area contributed by atoms with Crippen molar-refractivity contribution in [3.63, 3.8) is 0 Å². The summed E-state index contributed by atoms with van der Waals surface area (Å²) in [5.41, 5.74) is 2.10. The molecular formula is C21H17BrCl2N2O. The standard InChI is InChI=1S/C21H17BrCl2N2O/c22-6-3-7-26-20-9-15-5-2-1-4-14(15)8-19(20)25-21(26)13-27-18-11-16(23)10-17(24)12-18/h1-2,4-5,8-12H,3,6-7,13H2. The maximum Gasteiger partial charge on any atom is 0.147 e. The van der Waals surface area contributed by atoms with Crippen LogP contribution in [0.1, 0.15) is 12.2 Å². The summed E-state index contributed by atoms with van der Waals surface area (Å²) in [7, 11) is 0. The van der Waals surface area contributed by atoms with Crippen LogP contribution in [0.25, 0.3) is 21.8 Å². The van der Waals surface area contributed by atoms with E-state index in [0.717, 1.165) is 35.2 Å². The molecule has 0 aliphatic heterocycles. The van der Waals surface area contributed by atoms with Gasteiger partial charge in [-0.15, -0.1) is 0 Å². The number of benzene rings is 3. The molecule has 0 unspecified atom stereocenters. The van der Waals surface area contributed by atoms with E-state index in [-0.39, 0.29) is 0 Å². The van der Waals surface area contributed by atoms with Crippen molar-refractivity contribution in [1.29, 1.82) is 0 Å². The zero-order chi connectivity index (χ0) is 18.8. The number of hydrogen-bond acceptors (Lipinski definition) is 2. The normalized spacial score (nSPS) is 11.4. The molecule has 0 aliphatic carbocycles. The van der Waals surface area contributed by atoms with Crippen molar-refractivity contribution in [2.24, 2.45) is 0 Å². The third kappa shape index (κ3) is 4.08. The van der Waals surface area contributed by atoms with Gasteiger partial charge in [-0.25, -0.2) is 4.98 Å². The fourth-order valence-electron chi connectivity index (χ4n) is 3.20. The predicted octanol–water partition coefficient (Wildman–Crippen LogP) is 6.86. The van der Waals surface area contributed by atoms with Crippen LogP contribution < -0.4 is 4.74 Å². The second-order valence-electron chi connectivity index (χ2n) is 6.30. The van der Waals surface area contributed by atoms with Gasteiger partial charge in [0.2, 0.25) is 0 Å². The third-order valence-corrected chi connectivity index (χ3v) is 5.41. The number of fused-ring (bicyclic) bond motifs is 2. The number of aryl methyl sites for hydroxylation is 1. The van der Waals surface area contributed by atoms with Gasteiger partial charge in [0.1, 0.15) is 18.2 Å². The minimum Gasteiger partial charge on any atom is -0.486 e. The molecule has 0 amide bonds. The molecule has 27 heavy (non-hydrogen) atoms. The number of alkyl halides is 1. The van der Waals surface area contributed by atoms with Gasteiger partial charge in [-0.05, 0) is 47.5 Å². The van der Waals surface area contributed by atoms with E-state index in [1.807, 2.05) is 6.07 Å². The minimum absolute atomic E-state index is 0.351. The fourth-order valence-corrected chi connectivity index (χ4v) is 3.95. The molecule has 0 N–H and O–H groups in total. The van der Waals surface area contributed by atoms with E-state index in [4.69, 9.17) is 32.9 Å². The number of ether oxygens (including phenoxy) is 1. The first-order chi connectivity index (χ1) is 13.1. The number of halogens is 3. The van der Waals surface area contributed by atoms with Crippen LogP contribution in [-0.2, 0) is 13.2 Å². The van der Waals surface area contributed by atoms with Crippen LogP contribution in [0.2, 0.25) is 10.0 Å². The summed E-state index contributed by atoms with van der Waals surface area (Å²) in [5, 5.41) is 4.43. The molecule has 0 aliphatic rings. The summed E-state index contributed by atoms with van der Waals surface area (Å²) >= 11 is 15.7. The molecule has 1 heterocycles. The Labute approximate surface area is 176 Å². The molecule has 1 aromatic heterocycles. The Hall–Kier alpha value is -1.75. The van der Waals surface area contributed by atoms with Gasteiger partial charge in [-0.2, -0.15) is 0 Å². The maximum atomic E-state index is 6.07. The van der Waals surface area contributed by atoms with Crippen molar-refractivity contribution in [2.75, 3.05) is 5.33 Å². The molecular weight excluding hydrogens is 447 g/mol. The zero-order valence-electron chi connectivity index (χ0n) is 14.5. The van der Waals surface area contributed by atoms with Gasteiger partial charge < -0.3 is 9.30 Å². The quantitative estimate of drug-likeness (QED) is 0.292. The van der Waals surface area contributed by atoms with Crippen molar-refractivity contribution in [2.45, 2.75) is 19.6 Å². The lowest BCUT2D eigenvalue weighted by molar-refractivity contribution is 0.290. The molecule has 0 atom stereocenters. The maximum absolute atomic E-state index is 6.07. The number of hydrogen-bond donors (Lipinski definition) is 0. The number of rotatable bonds is 6. The molecule has 0 saturated carbocycles. The SMILES string of the molecule is Clc1cc(Cl)cc(OCc2nc3cc4ccccc4cc3n2CCCBr)c1. The van der Waals surface area contributed by atoms with E-state index in [1.165, 1.54) is 10.8 Å². The van der Waals surface area contributed by atoms with Crippen LogP contribution in [0.15, 0.2) is 54.6 Å². The summed E-state index contributed by atoms with van der Waals surface area (Å²) in [6, 6.07) is 17.9. The van der Waals surface area contributed by atoms with Gasteiger partial charge in [0.15, 0.2) is 0 Å². The highest BCUT2D eigenvalue weighted by Gasteiger charge is 2.13. The topological polar surface area (TPSA) is 27.1 Å². The molecule has 0 radical (unpaired) electrons. The van der Waals surface area contributed by atoms with E-state index >= 15 is 0 Å². The Kier molecular flexibility index (Phi) is 5.58. The largest absolute Gasteiger partial charge is 0.486 e. The van der Waals surface area contributed by atoms with Crippen molar-refractivity contribution < 1.29 is 4.74 Å². The Balaban J connectivity index is 1.72. The van der Waals surface area contributed by atoms with Gasteiger partial charge >= 0.3 is 0 Å². The van der Waals surface area contributed by atoms with Crippen LogP contribution in [-0.4, -0.2) is 14.9 Å². The van der Waals surface area contributed by atoms with Crippen LogP contribution in [0.4, 0.5) is 0 Å². The van der Waals surface area contributed by atoms with E-state index in [2.05, 4.69) is 50.8 Å². The minimum atomic E-state index is 0.351. The van der Waals surface area contributed by atoms with Crippen LogP contribution in [0.5, 0.6) is 5.75 Å². The number of imidazole rings is 1. The zero-order valence-corrected chi connectivity index (χ0v) is 17.6. The highest BCUT2D eigenvalue weighted by molar-refractivity contribution is 9.09. The van der Waals surface area contributed by atoms with Crippen molar-refractivity contribution in [1.82, 2.24) is 9.55 Å². The molecule has 3 aromatic carbocycles. The van der Waals surface area contributed by atoms with Gasteiger partial charge in [0.05, 0.1) is 11.0 Å². The molecule has 4 aromatic rings. The van der Waals surface area contributed by atoms with E-state index in [1.54, 1.807) is 18.2 Å². The third-order valence-electron chi connectivity index (χ3n) is 4.41. The van der Waals surface area contributed by atoms with Gasteiger partial charge in [0, 0.05) is 21.9 Å².